The maximum absolute atomic E-state index is 12.5. The van der Waals surface area contributed by atoms with Crippen LogP contribution in [0.15, 0.2) is 48.5 Å². The number of nitrogens with one attached hydrogen (secondary N) is 1. The van der Waals surface area contributed by atoms with Gasteiger partial charge in [-0.1, -0.05) is 42.5 Å². The minimum absolute atomic E-state index is 0.0548. The topological polar surface area (TPSA) is 46.2 Å². The Kier molecular flexibility index (Phi) is 3.32. The summed E-state index contributed by atoms with van der Waals surface area (Å²) >= 11 is 1.48. The van der Waals surface area contributed by atoms with Crippen molar-refractivity contribution in [1.82, 2.24) is 0 Å². The maximum Gasteiger partial charge on any atom is 0.242 e. The number of hydrogen-bond acceptors (Lipinski definition) is 3. The first-order valence-corrected chi connectivity index (χ1v) is 7.57. The van der Waals surface area contributed by atoms with Gasteiger partial charge in [0.1, 0.15) is 5.25 Å². The lowest BCUT2D eigenvalue weighted by atomic mass is 9.99. The first-order valence-electron chi connectivity index (χ1n) is 6.28. The van der Waals surface area contributed by atoms with Gasteiger partial charge in [0.15, 0.2) is 5.78 Å². The zero-order valence-corrected chi connectivity index (χ0v) is 11.7. The fraction of sp³-hybridized carbons (Fsp3) is 0.125. The number of para-hydroxylation sites is 1. The SMILES string of the molecule is CSC1C(=O)Nc2c(C(=O)c3ccccc3)cccc21. The Morgan fingerprint density at radius 2 is 1.85 bits per heavy atom. The van der Waals surface area contributed by atoms with E-state index in [-0.39, 0.29) is 16.9 Å². The van der Waals surface area contributed by atoms with Crippen LogP contribution in [0.25, 0.3) is 0 Å². The van der Waals surface area contributed by atoms with E-state index in [2.05, 4.69) is 5.32 Å². The summed E-state index contributed by atoms with van der Waals surface area (Å²) in [6.45, 7) is 0. The second kappa shape index (κ2) is 5.13. The van der Waals surface area contributed by atoms with Crippen LogP contribution in [0.1, 0.15) is 26.7 Å². The molecule has 1 heterocycles. The lowest BCUT2D eigenvalue weighted by molar-refractivity contribution is -0.115. The van der Waals surface area contributed by atoms with Gasteiger partial charge in [0.05, 0.1) is 5.69 Å². The molecule has 2 aromatic carbocycles. The van der Waals surface area contributed by atoms with Gasteiger partial charge in [0, 0.05) is 11.1 Å². The molecular formula is C16H13NO2S. The normalized spacial score (nSPS) is 16.6. The van der Waals surface area contributed by atoms with Gasteiger partial charge in [0.2, 0.25) is 5.91 Å². The molecule has 2 aromatic rings. The summed E-state index contributed by atoms with van der Waals surface area (Å²) in [7, 11) is 0. The molecular weight excluding hydrogens is 270 g/mol. The van der Waals surface area contributed by atoms with Crippen molar-refractivity contribution in [3.05, 3.63) is 65.2 Å². The summed E-state index contributed by atoms with van der Waals surface area (Å²) in [6.07, 6.45) is 1.89. The van der Waals surface area contributed by atoms with E-state index in [9.17, 15) is 9.59 Å². The summed E-state index contributed by atoms with van der Waals surface area (Å²) in [5.41, 5.74) is 2.73. The molecule has 0 saturated heterocycles. The number of carbonyl (C=O) groups excluding carboxylic acids is 2. The Morgan fingerprint density at radius 1 is 1.10 bits per heavy atom. The van der Waals surface area contributed by atoms with Crippen LogP contribution in [-0.4, -0.2) is 17.9 Å². The number of rotatable bonds is 3. The average Bonchev–Trinajstić information content (AvgIpc) is 2.82. The zero-order valence-electron chi connectivity index (χ0n) is 10.9. The number of amides is 1. The number of fused-ring (bicyclic) bond motifs is 1. The van der Waals surface area contributed by atoms with E-state index in [1.165, 1.54) is 11.8 Å². The standard InChI is InChI=1S/C16H13NO2S/c1-20-15-12-9-5-8-11(13(12)17-16(15)19)14(18)10-6-3-2-4-7-10/h2-9,15H,1H3,(H,17,19). The van der Waals surface area contributed by atoms with E-state index >= 15 is 0 Å². The highest BCUT2D eigenvalue weighted by Gasteiger charge is 2.32. The van der Waals surface area contributed by atoms with Crippen LogP contribution in [0.2, 0.25) is 0 Å². The molecule has 0 aromatic heterocycles. The van der Waals surface area contributed by atoms with E-state index in [4.69, 9.17) is 0 Å². The monoisotopic (exact) mass is 283 g/mol. The first-order chi connectivity index (χ1) is 9.72. The predicted octanol–water partition coefficient (Wildman–Crippen LogP) is 3.27. The first kappa shape index (κ1) is 12.9. The van der Waals surface area contributed by atoms with E-state index in [0.717, 1.165) is 5.56 Å². The molecule has 0 saturated carbocycles. The molecule has 0 fully saturated rings. The molecule has 3 rings (SSSR count). The van der Waals surface area contributed by atoms with Crippen LogP contribution >= 0.6 is 11.8 Å². The number of anilines is 1. The quantitative estimate of drug-likeness (QED) is 0.879. The Labute approximate surface area is 121 Å². The third-order valence-corrected chi connectivity index (χ3v) is 4.32. The largest absolute Gasteiger partial charge is 0.324 e. The van der Waals surface area contributed by atoms with Crippen molar-refractivity contribution in [2.75, 3.05) is 11.6 Å². The second-order valence-corrected chi connectivity index (χ2v) is 5.51. The Morgan fingerprint density at radius 3 is 2.55 bits per heavy atom. The molecule has 3 nitrogen and oxygen atoms in total. The van der Waals surface area contributed by atoms with Crippen molar-refractivity contribution in [3.8, 4) is 0 Å². The van der Waals surface area contributed by atoms with Crippen LogP contribution in [0.4, 0.5) is 5.69 Å². The molecule has 0 radical (unpaired) electrons. The molecule has 0 aliphatic carbocycles. The number of benzene rings is 2. The molecule has 20 heavy (non-hydrogen) atoms. The van der Waals surface area contributed by atoms with E-state index < -0.39 is 0 Å². The van der Waals surface area contributed by atoms with Crippen LogP contribution < -0.4 is 5.32 Å². The van der Waals surface area contributed by atoms with Gasteiger partial charge in [-0.05, 0) is 17.9 Å². The fourth-order valence-electron chi connectivity index (χ4n) is 2.43. The maximum atomic E-state index is 12.5. The van der Waals surface area contributed by atoms with Crippen LogP contribution in [0.5, 0.6) is 0 Å². The van der Waals surface area contributed by atoms with Crippen LogP contribution in [0, 0.1) is 0 Å². The molecule has 1 atom stereocenters. The average molecular weight is 283 g/mol. The predicted molar refractivity (Wildman–Crippen MR) is 81.2 cm³/mol. The summed E-state index contributed by atoms with van der Waals surface area (Å²) < 4.78 is 0. The van der Waals surface area contributed by atoms with Gasteiger partial charge in [-0.3, -0.25) is 9.59 Å². The van der Waals surface area contributed by atoms with Gasteiger partial charge < -0.3 is 5.32 Å². The van der Waals surface area contributed by atoms with Crippen molar-refractivity contribution in [2.24, 2.45) is 0 Å². The Balaban J connectivity index is 2.08. The summed E-state index contributed by atoms with van der Waals surface area (Å²) in [4.78, 5) is 24.5. The van der Waals surface area contributed by atoms with Crippen molar-refractivity contribution in [2.45, 2.75) is 5.25 Å². The summed E-state index contributed by atoms with van der Waals surface area (Å²) in [5.74, 6) is -0.120. The zero-order chi connectivity index (χ0) is 14.1. The molecule has 1 amide bonds. The van der Waals surface area contributed by atoms with E-state index in [0.29, 0.717) is 16.8 Å². The van der Waals surface area contributed by atoms with Crippen molar-refractivity contribution >= 4 is 29.1 Å². The number of thioether (sulfide) groups is 1. The molecule has 4 heteroatoms. The summed E-state index contributed by atoms with van der Waals surface area (Å²) in [6, 6.07) is 14.6. The van der Waals surface area contributed by atoms with E-state index in [1.807, 2.05) is 36.6 Å². The highest BCUT2D eigenvalue weighted by Crippen LogP contribution is 2.41. The Hall–Kier alpha value is -2.07. The highest BCUT2D eigenvalue weighted by atomic mass is 32.2. The molecule has 1 N–H and O–H groups in total. The highest BCUT2D eigenvalue weighted by molar-refractivity contribution is 7.99. The number of hydrogen-bond donors (Lipinski definition) is 1. The van der Waals surface area contributed by atoms with Crippen molar-refractivity contribution < 1.29 is 9.59 Å². The molecule has 0 spiro atoms. The minimum atomic E-state index is -0.228. The third-order valence-electron chi connectivity index (χ3n) is 3.38. The van der Waals surface area contributed by atoms with Crippen LogP contribution in [-0.2, 0) is 4.79 Å². The fourth-order valence-corrected chi connectivity index (χ4v) is 3.15. The molecule has 1 aliphatic rings. The lowest BCUT2D eigenvalue weighted by Gasteiger charge is -2.08. The van der Waals surface area contributed by atoms with E-state index in [1.54, 1.807) is 18.2 Å². The van der Waals surface area contributed by atoms with Crippen molar-refractivity contribution in [1.29, 1.82) is 0 Å². The smallest absolute Gasteiger partial charge is 0.242 e. The van der Waals surface area contributed by atoms with Gasteiger partial charge in [-0.2, -0.15) is 0 Å². The Bertz CT molecular complexity index is 682. The van der Waals surface area contributed by atoms with Crippen LogP contribution in [0.3, 0.4) is 0 Å². The molecule has 1 unspecified atom stereocenters. The number of carbonyl (C=O) groups is 2. The van der Waals surface area contributed by atoms with Gasteiger partial charge in [0.25, 0.3) is 0 Å². The van der Waals surface area contributed by atoms with Gasteiger partial charge >= 0.3 is 0 Å². The van der Waals surface area contributed by atoms with Gasteiger partial charge in [-0.25, -0.2) is 0 Å². The number of ketones is 1. The minimum Gasteiger partial charge on any atom is -0.324 e. The second-order valence-electron chi connectivity index (χ2n) is 4.57. The van der Waals surface area contributed by atoms with Gasteiger partial charge in [-0.15, -0.1) is 11.8 Å². The summed E-state index contributed by atoms with van der Waals surface area (Å²) in [5, 5.41) is 2.61. The third kappa shape index (κ3) is 2.02. The molecule has 1 aliphatic heterocycles. The lowest BCUT2D eigenvalue weighted by Crippen LogP contribution is -2.10. The van der Waals surface area contributed by atoms with Crippen molar-refractivity contribution in [3.63, 3.8) is 0 Å². The molecule has 100 valence electrons. The molecule has 0 bridgehead atoms.